The van der Waals surface area contributed by atoms with E-state index >= 15 is 0 Å². The number of hydrogen-bond acceptors (Lipinski definition) is 6. The minimum atomic E-state index is -0.570. The van der Waals surface area contributed by atoms with E-state index < -0.39 is 10.8 Å². The smallest absolute Gasteiger partial charge is 0.282 e. The molecule has 0 spiro atoms. The molecule has 1 aromatic rings. The topological polar surface area (TPSA) is 110 Å². The van der Waals surface area contributed by atoms with Gasteiger partial charge >= 0.3 is 0 Å². The molecule has 108 valence electrons. The lowest BCUT2D eigenvalue weighted by molar-refractivity contribution is -0.385. The number of anilines is 1. The van der Waals surface area contributed by atoms with E-state index in [4.69, 9.17) is 5.84 Å². The summed E-state index contributed by atoms with van der Waals surface area (Å²) in [6, 6.07) is 4.12. The van der Waals surface area contributed by atoms with Crippen LogP contribution in [0.1, 0.15) is 23.2 Å². The third-order valence-corrected chi connectivity index (χ3v) is 4.52. The molecule has 7 nitrogen and oxygen atoms in total. The van der Waals surface area contributed by atoms with Crippen LogP contribution in [0.5, 0.6) is 0 Å². The largest absolute Gasteiger partial charge is 0.351 e. The highest BCUT2D eigenvalue weighted by molar-refractivity contribution is 8.00. The summed E-state index contributed by atoms with van der Waals surface area (Å²) in [6.45, 7) is 0.529. The van der Waals surface area contributed by atoms with Crippen LogP contribution in [0.25, 0.3) is 0 Å². The molecule has 1 atom stereocenters. The zero-order valence-corrected chi connectivity index (χ0v) is 11.6. The Labute approximate surface area is 120 Å². The number of nitrogens with one attached hydrogen (secondary N) is 2. The van der Waals surface area contributed by atoms with Crippen molar-refractivity contribution in [1.82, 2.24) is 5.32 Å². The molecule has 1 aliphatic heterocycles. The molecule has 0 saturated carbocycles. The number of thioether (sulfide) groups is 1. The summed E-state index contributed by atoms with van der Waals surface area (Å²) in [5, 5.41) is 14.1. The molecular weight excluding hydrogens is 280 g/mol. The Balaban J connectivity index is 2.11. The van der Waals surface area contributed by atoms with Crippen LogP contribution in [0.4, 0.5) is 11.4 Å². The lowest BCUT2D eigenvalue weighted by Crippen LogP contribution is -2.30. The standard InChI is InChI=1S/C12H16N4O3S/c13-15-8-3-4-11(16(18)19)10(6-8)12(17)14-7-9-2-1-5-20-9/h3-4,6,9,15H,1-2,5,7,13H2,(H,14,17). The summed E-state index contributed by atoms with van der Waals surface area (Å²) >= 11 is 1.82. The van der Waals surface area contributed by atoms with Gasteiger partial charge in [0.1, 0.15) is 5.56 Å². The fourth-order valence-electron chi connectivity index (χ4n) is 2.07. The normalized spacial score (nSPS) is 17.8. The van der Waals surface area contributed by atoms with Crippen molar-refractivity contribution in [3.8, 4) is 0 Å². The van der Waals surface area contributed by atoms with Crippen LogP contribution in [0, 0.1) is 10.1 Å². The van der Waals surface area contributed by atoms with E-state index in [0.29, 0.717) is 17.5 Å². The first-order valence-corrected chi connectivity index (χ1v) is 7.31. The van der Waals surface area contributed by atoms with Crippen LogP contribution in [0.15, 0.2) is 18.2 Å². The number of benzene rings is 1. The van der Waals surface area contributed by atoms with Gasteiger partial charge in [-0.15, -0.1) is 0 Å². The van der Waals surface area contributed by atoms with Gasteiger partial charge in [-0.2, -0.15) is 11.8 Å². The van der Waals surface area contributed by atoms with Crippen molar-refractivity contribution in [2.24, 2.45) is 5.84 Å². The van der Waals surface area contributed by atoms with Crippen molar-refractivity contribution in [1.29, 1.82) is 0 Å². The second kappa shape index (κ2) is 6.58. The highest BCUT2D eigenvalue weighted by Gasteiger charge is 2.22. The van der Waals surface area contributed by atoms with Crippen LogP contribution in [0.2, 0.25) is 0 Å². The van der Waals surface area contributed by atoms with Crippen LogP contribution in [0.3, 0.4) is 0 Å². The minimum absolute atomic E-state index is 0.0217. The number of rotatable bonds is 5. The maximum Gasteiger partial charge on any atom is 0.282 e. The Morgan fingerprint density at radius 2 is 2.35 bits per heavy atom. The number of carbonyl (C=O) groups is 1. The third-order valence-electron chi connectivity index (χ3n) is 3.12. The van der Waals surface area contributed by atoms with Crippen molar-refractivity contribution in [3.05, 3.63) is 33.9 Å². The molecule has 0 radical (unpaired) electrons. The first-order valence-electron chi connectivity index (χ1n) is 6.26. The van der Waals surface area contributed by atoms with Gasteiger partial charge in [0.15, 0.2) is 0 Å². The van der Waals surface area contributed by atoms with Crippen LogP contribution in [-0.4, -0.2) is 28.4 Å². The molecule has 1 aromatic carbocycles. The quantitative estimate of drug-likeness (QED) is 0.431. The van der Waals surface area contributed by atoms with Crippen molar-refractivity contribution in [3.63, 3.8) is 0 Å². The summed E-state index contributed by atoms with van der Waals surface area (Å²) in [5.41, 5.74) is 2.63. The van der Waals surface area contributed by atoms with Gasteiger partial charge in [-0.25, -0.2) is 0 Å². The van der Waals surface area contributed by atoms with Gasteiger partial charge in [0.2, 0.25) is 0 Å². The predicted molar refractivity (Wildman–Crippen MR) is 78.7 cm³/mol. The maximum atomic E-state index is 12.1. The predicted octanol–water partition coefficient (Wildman–Crippen LogP) is 1.51. The van der Waals surface area contributed by atoms with Gasteiger partial charge in [0.25, 0.3) is 11.6 Å². The van der Waals surface area contributed by atoms with Crippen LogP contribution in [-0.2, 0) is 0 Å². The lowest BCUT2D eigenvalue weighted by Gasteiger charge is -2.11. The molecule has 0 aromatic heterocycles. The summed E-state index contributed by atoms with van der Waals surface area (Å²) in [5.74, 6) is 5.92. The van der Waals surface area contributed by atoms with Gasteiger partial charge < -0.3 is 10.7 Å². The van der Waals surface area contributed by atoms with Gasteiger partial charge in [-0.05, 0) is 30.7 Å². The molecule has 1 heterocycles. The molecule has 0 aliphatic carbocycles. The monoisotopic (exact) mass is 296 g/mol. The van der Waals surface area contributed by atoms with Crippen molar-refractivity contribution < 1.29 is 9.72 Å². The molecule has 4 N–H and O–H groups in total. The van der Waals surface area contributed by atoms with Crippen molar-refractivity contribution >= 4 is 29.0 Å². The highest BCUT2D eigenvalue weighted by atomic mass is 32.2. The summed E-state index contributed by atoms with van der Waals surface area (Å²) < 4.78 is 0. The molecule has 1 unspecified atom stereocenters. The molecule has 1 amide bonds. The van der Waals surface area contributed by atoms with Crippen molar-refractivity contribution in [2.45, 2.75) is 18.1 Å². The first-order chi connectivity index (χ1) is 9.61. The number of nitrogen functional groups attached to an aromatic ring is 1. The fourth-order valence-corrected chi connectivity index (χ4v) is 3.28. The zero-order valence-electron chi connectivity index (χ0n) is 10.8. The maximum absolute atomic E-state index is 12.1. The van der Waals surface area contributed by atoms with E-state index in [9.17, 15) is 14.9 Å². The van der Waals surface area contributed by atoms with Gasteiger partial charge in [-0.1, -0.05) is 0 Å². The summed E-state index contributed by atoms with van der Waals surface area (Å²) in [4.78, 5) is 22.5. The van der Waals surface area contributed by atoms with Crippen LogP contribution >= 0.6 is 11.8 Å². The van der Waals surface area contributed by atoms with Crippen LogP contribution < -0.4 is 16.6 Å². The fraction of sp³-hybridized carbons (Fsp3) is 0.417. The Kier molecular flexibility index (Phi) is 4.80. The van der Waals surface area contributed by atoms with E-state index in [1.807, 2.05) is 11.8 Å². The Bertz CT molecular complexity index is 517. The zero-order chi connectivity index (χ0) is 14.5. The van der Waals surface area contributed by atoms with E-state index in [0.717, 1.165) is 18.6 Å². The summed E-state index contributed by atoms with van der Waals surface area (Å²) in [7, 11) is 0. The number of nitro benzene ring substituents is 1. The van der Waals surface area contributed by atoms with Gasteiger partial charge in [-0.3, -0.25) is 20.8 Å². The lowest BCUT2D eigenvalue weighted by atomic mass is 10.1. The molecule has 2 rings (SSSR count). The Hall–Kier alpha value is -1.80. The SMILES string of the molecule is NNc1ccc([N+](=O)[O-])c(C(=O)NCC2CCCS2)c1. The number of amides is 1. The van der Waals surface area contributed by atoms with Crippen molar-refractivity contribution in [2.75, 3.05) is 17.7 Å². The van der Waals surface area contributed by atoms with E-state index in [-0.39, 0.29) is 11.3 Å². The second-order valence-electron chi connectivity index (χ2n) is 4.48. The molecule has 1 saturated heterocycles. The number of carbonyl (C=O) groups excluding carboxylic acids is 1. The van der Waals surface area contributed by atoms with Gasteiger partial charge in [0, 0.05) is 23.5 Å². The van der Waals surface area contributed by atoms with E-state index in [1.165, 1.54) is 18.2 Å². The third kappa shape index (κ3) is 3.40. The average Bonchev–Trinajstić information content (AvgIpc) is 2.97. The number of nitrogens with zero attached hydrogens (tertiary/aromatic N) is 1. The Morgan fingerprint density at radius 3 is 2.95 bits per heavy atom. The number of hydrazine groups is 1. The minimum Gasteiger partial charge on any atom is -0.351 e. The van der Waals surface area contributed by atoms with E-state index in [1.54, 1.807) is 0 Å². The van der Waals surface area contributed by atoms with Gasteiger partial charge in [0.05, 0.1) is 4.92 Å². The average molecular weight is 296 g/mol. The number of nitrogens with two attached hydrogens (primary N) is 1. The molecule has 1 fully saturated rings. The highest BCUT2D eigenvalue weighted by Crippen LogP contribution is 2.26. The molecule has 0 bridgehead atoms. The Morgan fingerprint density at radius 1 is 1.55 bits per heavy atom. The number of hydrogen-bond donors (Lipinski definition) is 3. The van der Waals surface area contributed by atoms with E-state index in [2.05, 4.69) is 10.7 Å². The molecular formula is C12H16N4O3S. The first kappa shape index (κ1) is 14.6. The molecule has 8 heteroatoms. The second-order valence-corrected chi connectivity index (χ2v) is 5.89. The number of nitro groups is 1. The molecule has 1 aliphatic rings. The molecule has 20 heavy (non-hydrogen) atoms. The summed E-state index contributed by atoms with van der Waals surface area (Å²) in [6.07, 6.45) is 2.22.